The summed E-state index contributed by atoms with van der Waals surface area (Å²) in [7, 11) is 2.03. The van der Waals surface area contributed by atoms with Crippen molar-refractivity contribution < 1.29 is 4.52 Å². The third-order valence-electron chi connectivity index (χ3n) is 4.13. The normalized spacial score (nSPS) is 17.7. The number of piperidine rings is 1. The minimum absolute atomic E-state index is 0.782. The van der Waals surface area contributed by atoms with E-state index in [1.54, 1.807) is 0 Å². The number of rotatable bonds is 8. The Morgan fingerprint density at radius 1 is 1.35 bits per heavy atom. The van der Waals surface area contributed by atoms with Gasteiger partial charge in [0.05, 0.1) is 6.54 Å². The van der Waals surface area contributed by atoms with Gasteiger partial charge in [-0.1, -0.05) is 18.5 Å². The number of likely N-dealkylation sites (tertiary alicyclic amines) is 1. The SMILES string of the molecule is CCCCc1noc(CN2CCC(CCNC)CC2)n1. The van der Waals surface area contributed by atoms with Crippen LogP contribution in [0.4, 0.5) is 0 Å². The van der Waals surface area contributed by atoms with Crippen LogP contribution in [0.5, 0.6) is 0 Å². The Kier molecular flexibility index (Phi) is 6.47. The lowest BCUT2D eigenvalue weighted by atomic mass is 9.93. The van der Waals surface area contributed by atoms with Crippen molar-refractivity contribution in [1.82, 2.24) is 20.4 Å². The van der Waals surface area contributed by atoms with Crippen molar-refractivity contribution in [3.63, 3.8) is 0 Å². The van der Waals surface area contributed by atoms with Crippen LogP contribution in [0, 0.1) is 5.92 Å². The first-order chi connectivity index (χ1) is 9.81. The van der Waals surface area contributed by atoms with Gasteiger partial charge in [0.1, 0.15) is 0 Å². The topological polar surface area (TPSA) is 54.2 Å². The smallest absolute Gasteiger partial charge is 0.240 e. The number of unbranched alkanes of at least 4 members (excludes halogenated alkanes) is 1. The van der Waals surface area contributed by atoms with Crippen LogP contribution in [0.15, 0.2) is 4.52 Å². The molecule has 0 aliphatic carbocycles. The molecule has 0 bridgehead atoms. The molecule has 1 saturated heterocycles. The fourth-order valence-electron chi connectivity index (χ4n) is 2.76. The largest absolute Gasteiger partial charge is 0.338 e. The molecule has 20 heavy (non-hydrogen) atoms. The first-order valence-electron chi connectivity index (χ1n) is 8.00. The van der Waals surface area contributed by atoms with Crippen LogP contribution >= 0.6 is 0 Å². The summed E-state index contributed by atoms with van der Waals surface area (Å²) >= 11 is 0. The zero-order valence-electron chi connectivity index (χ0n) is 12.9. The van der Waals surface area contributed by atoms with Crippen molar-refractivity contribution in [2.45, 2.75) is 52.0 Å². The van der Waals surface area contributed by atoms with Crippen molar-refractivity contribution in [2.75, 3.05) is 26.7 Å². The Morgan fingerprint density at radius 3 is 2.85 bits per heavy atom. The number of aromatic nitrogens is 2. The standard InChI is InChI=1S/C15H28N4O/c1-3-4-5-14-17-15(20-18-14)12-19-10-7-13(8-11-19)6-9-16-2/h13,16H,3-12H2,1-2H3. The minimum atomic E-state index is 0.782. The van der Waals surface area contributed by atoms with Crippen LogP contribution < -0.4 is 5.32 Å². The Hall–Kier alpha value is -0.940. The van der Waals surface area contributed by atoms with Crippen LogP contribution in [-0.4, -0.2) is 41.7 Å². The van der Waals surface area contributed by atoms with E-state index in [2.05, 4.69) is 27.3 Å². The summed E-state index contributed by atoms with van der Waals surface area (Å²) in [6, 6.07) is 0. The van der Waals surface area contributed by atoms with Gasteiger partial charge in [0, 0.05) is 6.42 Å². The van der Waals surface area contributed by atoms with Gasteiger partial charge in [-0.25, -0.2) is 0 Å². The van der Waals surface area contributed by atoms with E-state index in [1.807, 2.05) is 7.05 Å². The molecule has 0 atom stereocenters. The van der Waals surface area contributed by atoms with E-state index in [1.165, 1.54) is 25.7 Å². The summed E-state index contributed by atoms with van der Waals surface area (Å²) in [5, 5.41) is 7.29. The summed E-state index contributed by atoms with van der Waals surface area (Å²) in [6.45, 7) is 6.44. The molecule has 1 fully saturated rings. The van der Waals surface area contributed by atoms with Gasteiger partial charge in [-0.2, -0.15) is 4.98 Å². The van der Waals surface area contributed by atoms with Gasteiger partial charge in [0.15, 0.2) is 5.82 Å². The molecule has 2 rings (SSSR count). The molecule has 0 aromatic carbocycles. The second-order valence-electron chi connectivity index (χ2n) is 5.82. The molecule has 1 aromatic heterocycles. The van der Waals surface area contributed by atoms with Gasteiger partial charge in [-0.3, -0.25) is 4.90 Å². The van der Waals surface area contributed by atoms with Gasteiger partial charge >= 0.3 is 0 Å². The van der Waals surface area contributed by atoms with Gasteiger partial charge in [-0.05, 0) is 58.3 Å². The van der Waals surface area contributed by atoms with Gasteiger partial charge < -0.3 is 9.84 Å². The Morgan fingerprint density at radius 2 is 2.15 bits per heavy atom. The molecule has 1 aromatic rings. The molecule has 5 nitrogen and oxygen atoms in total. The number of nitrogens with one attached hydrogen (secondary N) is 1. The zero-order valence-corrected chi connectivity index (χ0v) is 12.9. The van der Waals surface area contributed by atoms with E-state index < -0.39 is 0 Å². The number of hydrogen-bond acceptors (Lipinski definition) is 5. The molecule has 1 aliphatic heterocycles. The number of aryl methyl sites for hydroxylation is 1. The monoisotopic (exact) mass is 280 g/mol. The average Bonchev–Trinajstić information content (AvgIpc) is 2.92. The Balaban J connectivity index is 1.70. The maximum atomic E-state index is 5.34. The summed E-state index contributed by atoms with van der Waals surface area (Å²) < 4.78 is 5.34. The Labute approximate surface area is 122 Å². The van der Waals surface area contributed by atoms with E-state index in [0.29, 0.717) is 0 Å². The predicted octanol–water partition coefficient (Wildman–Crippen LogP) is 2.23. The lowest BCUT2D eigenvalue weighted by Gasteiger charge is -2.30. The van der Waals surface area contributed by atoms with Crippen LogP contribution in [0.25, 0.3) is 0 Å². The van der Waals surface area contributed by atoms with Gasteiger partial charge in [0.25, 0.3) is 0 Å². The molecule has 0 saturated carbocycles. The molecule has 1 aliphatic rings. The first-order valence-corrected chi connectivity index (χ1v) is 8.00. The summed E-state index contributed by atoms with van der Waals surface area (Å²) in [4.78, 5) is 6.92. The quantitative estimate of drug-likeness (QED) is 0.791. The van der Waals surface area contributed by atoms with Crippen LogP contribution in [0.1, 0.15) is 50.7 Å². The van der Waals surface area contributed by atoms with Crippen molar-refractivity contribution in [3.05, 3.63) is 11.7 Å². The van der Waals surface area contributed by atoms with E-state index in [4.69, 9.17) is 4.52 Å². The van der Waals surface area contributed by atoms with E-state index >= 15 is 0 Å². The van der Waals surface area contributed by atoms with Crippen molar-refractivity contribution in [1.29, 1.82) is 0 Å². The first kappa shape index (κ1) is 15.4. The predicted molar refractivity (Wildman–Crippen MR) is 79.5 cm³/mol. The average molecular weight is 280 g/mol. The van der Waals surface area contributed by atoms with Gasteiger partial charge in [0.2, 0.25) is 5.89 Å². The molecular weight excluding hydrogens is 252 g/mol. The van der Waals surface area contributed by atoms with E-state index in [-0.39, 0.29) is 0 Å². The maximum absolute atomic E-state index is 5.34. The van der Waals surface area contributed by atoms with Gasteiger partial charge in [-0.15, -0.1) is 0 Å². The van der Waals surface area contributed by atoms with Crippen LogP contribution in [0.2, 0.25) is 0 Å². The highest BCUT2D eigenvalue weighted by Crippen LogP contribution is 2.21. The molecule has 0 amide bonds. The lowest BCUT2D eigenvalue weighted by molar-refractivity contribution is 0.155. The van der Waals surface area contributed by atoms with Crippen molar-refractivity contribution in [2.24, 2.45) is 5.92 Å². The molecule has 114 valence electrons. The zero-order chi connectivity index (χ0) is 14.2. The highest BCUT2D eigenvalue weighted by atomic mass is 16.5. The second-order valence-corrected chi connectivity index (χ2v) is 5.82. The third kappa shape index (κ3) is 4.87. The molecule has 0 unspecified atom stereocenters. The van der Waals surface area contributed by atoms with E-state index in [9.17, 15) is 0 Å². The van der Waals surface area contributed by atoms with Crippen molar-refractivity contribution >= 4 is 0 Å². The van der Waals surface area contributed by atoms with E-state index in [0.717, 1.165) is 56.7 Å². The summed E-state index contributed by atoms with van der Waals surface area (Å²) in [6.07, 6.45) is 7.12. The summed E-state index contributed by atoms with van der Waals surface area (Å²) in [5.74, 6) is 2.53. The molecule has 2 heterocycles. The third-order valence-corrected chi connectivity index (χ3v) is 4.13. The molecule has 5 heteroatoms. The Bertz CT molecular complexity index is 372. The highest BCUT2D eigenvalue weighted by molar-refractivity contribution is 4.87. The molecule has 1 N–H and O–H groups in total. The highest BCUT2D eigenvalue weighted by Gasteiger charge is 2.20. The maximum Gasteiger partial charge on any atom is 0.240 e. The molecular formula is C15H28N4O. The fourth-order valence-corrected chi connectivity index (χ4v) is 2.76. The van der Waals surface area contributed by atoms with Crippen molar-refractivity contribution in [3.8, 4) is 0 Å². The van der Waals surface area contributed by atoms with Crippen LogP contribution in [0.3, 0.4) is 0 Å². The number of hydrogen-bond donors (Lipinski definition) is 1. The number of nitrogens with zero attached hydrogens (tertiary/aromatic N) is 3. The molecule has 0 spiro atoms. The second kappa shape index (κ2) is 8.37. The molecule has 0 radical (unpaired) electrons. The fraction of sp³-hybridized carbons (Fsp3) is 0.867. The summed E-state index contributed by atoms with van der Waals surface area (Å²) in [5.41, 5.74) is 0. The minimum Gasteiger partial charge on any atom is -0.338 e. The van der Waals surface area contributed by atoms with Crippen LogP contribution in [-0.2, 0) is 13.0 Å². The lowest BCUT2D eigenvalue weighted by Crippen LogP contribution is -2.34.